The van der Waals surface area contributed by atoms with Crippen LogP contribution in [0.15, 0.2) is 60.7 Å². The van der Waals surface area contributed by atoms with Gasteiger partial charge in [-0.15, -0.1) is 0 Å². The van der Waals surface area contributed by atoms with Crippen molar-refractivity contribution in [2.24, 2.45) is 5.92 Å². The zero-order valence-corrected chi connectivity index (χ0v) is 14.5. The summed E-state index contributed by atoms with van der Waals surface area (Å²) in [6, 6.07) is 19.0. The fraction of sp³-hybridized carbons (Fsp3) is 0.348. The Morgan fingerprint density at radius 3 is 2.21 bits per heavy atom. The number of carbonyl (C=O) groups excluding carboxylic acids is 1. The first-order chi connectivity index (χ1) is 11.8. The van der Waals surface area contributed by atoms with Crippen LogP contribution in [0.5, 0.6) is 0 Å². The number of ketones is 1. The monoisotopic (exact) mass is 318 g/mol. The van der Waals surface area contributed by atoms with E-state index < -0.39 is 0 Å². The van der Waals surface area contributed by atoms with Crippen molar-refractivity contribution in [1.29, 1.82) is 0 Å². The number of hydrogen-bond donors (Lipinski definition) is 0. The molecule has 1 atom stereocenters. The van der Waals surface area contributed by atoms with Crippen LogP contribution in [0.3, 0.4) is 0 Å². The third kappa shape index (κ3) is 4.03. The minimum absolute atomic E-state index is 0.254. The topological polar surface area (TPSA) is 17.1 Å². The van der Waals surface area contributed by atoms with Gasteiger partial charge in [0.25, 0.3) is 0 Å². The van der Waals surface area contributed by atoms with Gasteiger partial charge >= 0.3 is 0 Å². The maximum atomic E-state index is 12.4. The second-order valence-corrected chi connectivity index (χ2v) is 6.75. The van der Waals surface area contributed by atoms with Crippen LogP contribution in [0.2, 0.25) is 0 Å². The molecule has 3 rings (SSSR count). The van der Waals surface area contributed by atoms with Crippen molar-refractivity contribution in [1.82, 2.24) is 0 Å². The van der Waals surface area contributed by atoms with Gasteiger partial charge in [0.15, 0.2) is 5.78 Å². The van der Waals surface area contributed by atoms with Crippen LogP contribution >= 0.6 is 0 Å². The molecule has 0 amide bonds. The van der Waals surface area contributed by atoms with Gasteiger partial charge in [0, 0.05) is 5.92 Å². The number of unbranched alkanes of at least 4 members (excludes halogenated alkanes) is 2. The fourth-order valence-electron chi connectivity index (χ4n) is 3.50. The van der Waals surface area contributed by atoms with Crippen molar-refractivity contribution in [2.45, 2.75) is 45.4 Å². The Morgan fingerprint density at radius 1 is 0.875 bits per heavy atom. The van der Waals surface area contributed by atoms with Crippen LogP contribution in [-0.2, 0) is 4.79 Å². The summed E-state index contributed by atoms with van der Waals surface area (Å²) in [4.78, 5) is 12.4. The lowest BCUT2D eigenvalue weighted by molar-refractivity contribution is -0.118. The van der Waals surface area contributed by atoms with Gasteiger partial charge in [-0.05, 0) is 47.6 Å². The summed E-state index contributed by atoms with van der Waals surface area (Å²) in [6.45, 7) is 2.21. The smallest absolute Gasteiger partial charge is 0.159 e. The molecule has 0 spiro atoms. The van der Waals surface area contributed by atoms with Crippen molar-refractivity contribution >= 4 is 11.4 Å². The molecule has 1 aliphatic rings. The molecule has 2 aromatic rings. The molecule has 0 fully saturated rings. The zero-order valence-electron chi connectivity index (χ0n) is 14.5. The van der Waals surface area contributed by atoms with E-state index in [1.807, 2.05) is 12.1 Å². The van der Waals surface area contributed by atoms with Gasteiger partial charge in [0.05, 0.1) is 0 Å². The average molecular weight is 318 g/mol. The first kappa shape index (κ1) is 16.7. The molecular weight excluding hydrogens is 292 g/mol. The molecule has 0 saturated heterocycles. The van der Waals surface area contributed by atoms with E-state index in [0.29, 0.717) is 5.78 Å². The molecule has 0 aliphatic heterocycles. The predicted octanol–water partition coefficient (Wildman–Crippen LogP) is 6.30. The van der Waals surface area contributed by atoms with E-state index in [-0.39, 0.29) is 5.92 Å². The van der Waals surface area contributed by atoms with Crippen molar-refractivity contribution in [3.05, 3.63) is 66.2 Å². The van der Waals surface area contributed by atoms with Crippen LogP contribution in [-0.4, -0.2) is 5.78 Å². The molecule has 1 nitrogen and oxygen atoms in total. The number of allylic oxidation sites excluding steroid dienone is 2. The average Bonchev–Trinajstić information content (AvgIpc) is 2.64. The SMILES string of the molecule is CCCCCC1CCC(c2ccc(-c3ccccc3)cc2)=CC1=O. The zero-order chi connectivity index (χ0) is 16.8. The summed E-state index contributed by atoms with van der Waals surface area (Å²) < 4.78 is 0. The first-order valence-corrected chi connectivity index (χ1v) is 9.18. The summed E-state index contributed by atoms with van der Waals surface area (Å²) in [5.41, 5.74) is 4.84. The maximum Gasteiger partial charge on any atom is 0.159 e. The van der Waals surface area contributed by atoms with Gasteiger partial charge in [0.1, 0.15) is 0 Å². The highest BCUT2D eigenvalue weighted by Crippen LogP contribution is 2.32. The standard InChI is InChI=1S/C23H26O/c1-2-3-5-10-21-15-16-22(17-23(21)24)20-13-11-19(12-14-20)18-8-6-4-7-9-18/h4,6-9,11-14,17,21H,2-3,5,10,15-16H2,1H3. The van der Waals surface area contributed by atoms with E-state index in [1.165, 1.54) is 41.5 Å². The number of rotatable bonds is 6. The van der Waals surface area contributed by atoms with Gasteiger partial charge < -0.3 is 0 Å². The molecular formula is C23H26O. The van der Waals surface area contributed by atoms with Gasteiger partial charge in [0.2, 0.25) is 0 Å². The Bertz CT molecular complexity index is 695. The summed E-state index contributed by atoms with van der Waals surface area (Å²) in [7, 11) is 0. The van der Waals surface area contributed by atoms with E-state index in [0.717, 1.165) is 19.3 Å². The quantitative estimate of drug-likeness (QED) is 0.571. The second-order valence-electron chi connectivity index (χ2n) is 6.75. The molecule has 0 N–H and O–H groups in total. The number of carbonyl (C=O) groups is 1. The third-order valence-electron chi connectivity index (χ3n) is 5.00. The lowest BCUT2D eigenvalue weighted by Gasteiger charge is -2.21. The van der Waals surface area contributed by atoms with Gasteiger partial charge in [-0.3, -0.25) is 4.79 Å². The molecule has 2 aromatic carbocycles. The Hall–Kier alpha value is -2.15. The maximum absolute atomic E-state index is 12.4. The number of benzene rings is 2. The molecule has 0 radical (unpaired) electrons. The second kappa shape index (κ2) is 8.10. The highest BCUT2D eigenvalue weighted by molar-refractivity contribution is 6.00. The van der Waals surface area contributed by atoms with E-state index in [1.54, 1.807) is 0 Å². The van der Waals surface area contributed by atoms with Crippen LogP contribution in [0, 0.1) is 5.92 Å². The molecule has 124 valence electrons. The minimum Gasteiger partial charge on any atom is -0.295 e. The molecule has 0 heterocycles. The molecule has 1 unspecified atom stereocenters. The van der Waals surface area contributed by atoms with Gasteiger partial charge in [-0.1, -0.05) is 80.8 Å². The summed E-state index contributed by atoms with van der Waals surface area (Å²) in [5, 5.41) is 0. The molecule has 0 aromatic heterocycles. The van der Waals surface area contributed by atoms with E-state index in [4.69, 9.17) is 0 Å². The Balaban J connectivity index is 1.69. The summed E-state index contributed by atoms with van der Waals surface area (Å²) in [5.74, 6) is 0.586. The Kier molecular flexibility index (Phi) is 5.63. The third-order valence-corrected chi connectivity index (χ3v) is 5.00. The van der Waals surface area contributed by atoms with E-state index >= 15 is 0 Å². The largest absolute Gasteiger partial charge is 0.295 e. The molecule has 0 saturated carbocycles. The minimum atomic E-state index is 0.254. The van der Waals surface area contributed by atoms with Crippen LogP contribution in [0.25, 0.3) is 16.7 Å². The van der Waals surface area contributed by atoms with Crippen LogP contribution in [0.1, 0.15) is 51.0 Å². The van der Waals surface area contributed by atoms with Gasteiger partial charge in [-0.2, -0.15) is 0 Å². The first-order valence-electron chi connectivity index (χ1n) is 9.18. The van der Waals surface area contributed by atoms with E-state index in [9.17, 15) is 4.79 Å². The van der Waals surface area contributed by atoms with Gasteiger partial charge in [-0.25, -0.2) is 0 Å². The van der Waals surface area contributed by atoms with Crippen molar-refractivity contribution in [3.8, 4) is 11.1 Å². The molecule has 24 heavy (non-hydrogen) atoms. The fourth-order valence-corrected chi connectivity index (χ4v) is 3.50. The lowest BCUT2D eigenvalue weighted by atomic mass is 9.83. The van der Waals surface area contributed by atoms with Crippen molar-refractivity contribution < 1.29 is 4.79 Å². The summed E-state index contributed by atoms with van der Waals surface area (Å²) in [6.07, 6.45) is 8.63. The van der Waals surface area contributed by atoms with Crippen LogP contribution in [0.4, 0.5) is 0 Å². The number of hydrogen-bond acceptors (Lipinski definition) is 1. The summed E-state index contributed by atoms with van der Waals surface area (Å²) >= 11 is 0. The molecule has 1 aliphatic carbocycles. The van der Waals surface area contributed by atoms with Crippen LogP contribution < -0.4 is 0 Å². The normalized spacial score (nSPS) is 17.6. The van der Waals surface area contributed by atoms with Crippen molar-refractivity contribution in [2.75, 3.05) is 0 Å². The predicted molar refractivity (Wildman–Crippen MR) is 102 cm³/mol. The Morgan fingerprint density at radius 2 is 1.54 bits per heavy atom. The van der Waals surface area contributed by atoms with Crippen molar-refractivity contribution in [3.63, 3.8) is 0 Å². The highest BCUT2D eigenvalue weighted by atomic mass is 16.1. The molecule has 0 bridgehead atoms. The lowest BCUT2D eigenvalue weighted by Crippen LogP contribution is -2.17. The van der Waals surface area contributed by atoms with E-state index in [2.05, 4.69) is 55.5 Å². The Labute approximate surface area is 145 Å². The molecule has 1 heteroatoms. The highest BCUT2D eigenvalue weighted by Gasteiger charge is 2.22.